The molecule has 1 saturated carbocycles. The predicted molar refractivity (Wildman–Crippen MR) is 88.7 cm³/mol. The largest absolute Gasteiger partial charge is 0.478 e. The highest BCUT2D eigenvalue weighted by atomic mass is 16.5. The zero-order valence-electron chi connectivity index (χ0n) is 14.3. The van der Waals surface area contributed by atoms with Crippen LogP contribution < -0.4 is 9.64 Å². The summed E-state index contributed by atoms with van der Waals surface area (Å²) >= 11 is 0. The number of aryl methyl sites for hydroxylation is 1. The smallest absolute Gasteiger partial charge is 0.219 e. The van der Waals surface area contributed by atoms with E-state index >= 15 is 0 Å². The van der Waals surface area contributed by atoms with Crippen molar-refractivity contribution in [2.24, 2.45) is 0 Å². The maximum atomic E-state index is 11.9. The summed E-state index contributed by atoms with van der Waals surface area (Å²) in [6.07, 6.45) is 4.53. The molecule has 1 aromatic heterocycles. The van der Waals surface area contributed by atoms with Crippen molar-refractivity contribution in [2.75, 3.05) is 24.6 Å². The van der Waals surface area contributed by atoms with Crippen molar-refractivity contribution >= 4 is 11.7 Å². The Labute approximate surface area is 137 Å². The van der Waals surface area contributed by atoms with Crippen molar-refractivity contribution in [1.82, 2.24) is 14.9 Å². The molecule has 1 atom stereocenters. The molecule has 1 amide bonds. The van der Waals surface area contributed by atoms with Gasteiger partial charge >= 0.3 is 0 Å². The van der Waals surface area contributed by atoms with E-state index in [0.29, 0.717) is 24.6 Å². The molecule has 1 saturated heterocycles. The first-order valence-corrected chi connectivity index (χ1v) is 8.60. The van der Waals surface area contributed by atoms with Gasteiger partial charge in [-0.3, -0.25) is 4.79 Å². The lowest BCUT2D eigenvalue weighted by Crippen LogP contribution is -2.43. The van der Waals surface area contributed by atoms with Gasteiger partial charge in [0.2, 0.25) is 11.8 Å². The molecule has 2 heterocycles. The van der Waals surface area contributed by atoms with Crippen molar-refractivity contribution in [3.05, 3.63) is 11.9 Å². The zero-order chi connectivity index (χ0) is 16.4. The van der Waals surface area contributed by atoms with Gasteiger partial charge in [-0.05, 0) is 39.5 Å². The van der Waals surface area contributed by atoms with Crippen LogP contribution in [0.15, 0.2) is 6.07 Å². The Morgan fingerprint density at radius 1 is 1.39 bits per heavy atom. The third-order valence-corrected chi connectivity index (χ3v) is 4.56. The van der Waals surface area contributed by atoms with Crippen molar-refractivity contribution in [3.8, 4) is 5.88 Å². The molecule has 0 radical (unpaired) electrons. The fraction of sp³-hybridized carbons (Fsp3) is 0.706. The number of carbonyl (C=O) groups is 1. The molecule has 6 heteroatoms. The first-order chi connectivity index (χ1) is 11.1. The zero-order valence-corrected chi connectivity index (χ0v) is 14.3. The Bertz CT molecular complexity index is 574. The molecule has 0 bridgehead atoms. The molecule has 6 nitrogen and oxygen atoms in total. The maximum absolute atomic E-state index is 11.9. The minimum absolute atomic E-state index is 0.188. The van der Waals surface area contributed by atoms with Crippen LogP contribution in [-0.2, 0) is 4.79 Å². The second kappa shape index (κ2) is 6.72. The minimum Gasteiger partial charge on any atom is -0.478 e. The standard InChI is InChI=1S/C17H26N4O2/c1-4-23-17-10-16(18-12(2)19-17)20-9-5-6-15(20)11-21(13(3)22)14-7-8-14/h10,14-15H,4-9,11H2,1-3H3. The number of ether oxygens (including phenoxy) is 1. The van der Waals surface area contributed by atoms with Crippen LogP contribution in [0, 0.1) is 6.92 Å². The van der Waals surface area contributed by atoms with Crippen LogP contribution in [0.25, 0.3) is 0 Å². The summed E-state index contributed by atoms with van der Waals surface area (Å²) in [5.41, 5.74) is 0. The third-order valence-electron chi connectivity index (χ3n) is 4.56. The van der Waals surface area contributed by atoms with E-state index in [0.717, 1.165) is 50.4 Å². The number of amides is 1. The molecule has 2 aliphatic rings. The molecule has 0 N–H and O–H groups in total. The topological polar surface area (TPSA) is 58.6 Å². The Morgan fingerprint density at radius 2 is 2.17 bits per heavy atom. The number of carbonyl (C=O) groups excluding carboxylic acids is 1. The Kier molecular flexibility index (Phi) is 4.68. The number of aromatic nitrogens is 2. The average molecular weight is 318 g/mol. The average Bonchev–Trinajstić information content (AvgIpc) is 3.22. The summed E-state index contributed by atoms with van der Waals surface area (Å²) in [4.78, 5) is 25.2. The van der Waals surface area contributed by atoms with Crippen LogP contribution in [-0.4, -0.2) is 52.6 Å². The molecule has 0 spiro atoms. The van der Waals surface area contributed by atoms with Gasteiger partial charge in [0.25, 0.3) is 0 Å². The summed E-state index contributed by atoms with van der Waals surface area (Å²) in [5.74, 6) is 2.46. The lowest BCUT2D eigenvalue weighted by molar-refractivity contribution is -0.129. The number of hydrogen-bond acceptors (Lipinski definition) is 5. The summed E-state index contributed by atoms with van der Waals surface area (Å²) in [6, 6.07) is 2.72. The van der Waals surface area contributed by atoms with E-state index in [4.69, 9.17) is 4.74 Å². The normalized spacial score (nSPS) is 20.7. The van der Waals surface area contributed by atoms with E-state index in [2.05, 4.69) is 14.9 Å². The lowest BCUT2D eigenvalue weighted by Gasteiger charge is -2.31. The third kappa shape index (κ3) is 3.74. The summed E-state index contributed by atoms with van der Waals surface area (Å²) in [7, 11) is 0. The Morgan fingerprint density at radius 3 is 2.83 bits per heavy atom. The second-order valence-electron chi connectivity index (χ2n) is 6.44. The molecule has 3 rings (SSSR count). The van der Waals surface area contributed by atoms with Gasteiger partial charge in [0, 0.05) is 38.2 Å². The van der Waals surface area contributed by atoms with Gasteiger partial charge in [0.1, 0.15) is 11.6 Å². The molecule has 1 aromatic rings. The number of nitrogens with zero attached hydrogens (tertiary/aromatic N) is 4. The van der Waals surface area contributed by atoms with Crippen molar-refractivity contribution < 1.29 is 9.53 Å². The van der Waals surface area contributed by atoms with E-state index < -0.39 is 0 Å². The van der Waals surface area contributed by atoms with Crippen LogP contribution in [0.5, 0.6) is 5.88 Å². The van der Waals surface area contributed by atoms with Gasteiger partial charge in [-0.1, -0.05) is 0 Å². The fourth-order valence-corrected chi connectivity index (χ4v) is 3.37. The quantitative estimate of drug-likeness (QED) is 0.804. The van der Waals surface area contributed by atoms with Crippen molar-refractivity contribution in [2.45, 2.75) is 58.5 Å². The molecule has 2 fully saturated rings. The van der Waals surface area contributed by atoms with Gasteiger partial charge in [-0.2, -0.15) is 4.98 Å². The van der Waals surface area contributed by atoms with Crippen LogP contribution in [0.2, 0.25) is 0 Å². The molecular formula is C17H26N4O2. The van der Waals surface area contributed by atoms with Crippen molar-refractivity contribution in [1.29, 1.82) is 0 Å². The first kappa shape index (κ1) is 16.0. The highest BCUT2D eigenvalue weighted by Crippen LogP contribution is 2.31. The molecule has 0 aromatic carbocycles. The maximum Gasteiger partial charge on any atom is 0.219 e. The lowest BCUT2D eigenvalue weighted by atomic mass is 10.2. The minimum atomic E-state index is 0.188. The SMILES string of the molecule is CCOc1cc(N2CCCC2CN(C(C)=O)C2CC2)nc(C)n1. The van der Waals surface area contributed by atoms with E-state index in [1.54, 1.807) is 6.92 Å². The molecular weight excluding hydrogens is 292 g/mol. The Hall–Kier alpha value is -1.85. The van der Waals surface area contributed by atoms with Gasteiger partial charge in [-0.25, -0.2) is 4.98 Å². The van der Waals surface area contributed by atoms with Gasteiger partial charge < -0.3 is 14.5 Å². The fourth-order valence-electron chi connectivity index (χ4n) is 3.37. The van der Waals surface area contributed by atoms with E-state index in [1.807, 2.05) is 24.8 Å². The van der Waals surface area contributed by atoms with Crippen LogP contribution in [0.3, 0.4) is 0 Å². The molecule has 126 valence electrons. The second-order valence-corrected chi connectivity index (χ2v) is 6.44. The highest BCUT2D eigenvalue weighted by Gasteiger charge is 2.35. The molecule has 1 aliphatic carbocycles. The van der Waals surface area contributed by atoms with E-state index in [1.165, 1.54) is 0 Å². The van der Waals surface area contributed by atoms with E-state index in [-0.39, 0.29) is 5.91 Å². The summed E-state index contributed by atoms with van der Waals surface area (Å²) in [5, 5.41) is 0. The van der Waals surface area contributed by atoms with Crippen LogP contribution in [0.4, 0.5) is 5.82 Å². The van der Waals surface area contributed by atoms with Gasteiger partial charge in [-0.15, -0.1) is 0 Å². The van der Waals surface area contributed by atoms with Crippen LogP contribution in [0.1, 0.15) is 45.4 Å². The highest BCUT2D eigenvalue weighted by molar-refractivity contribution is 5.74. The summed E-state index contributed by atoms with van der Waals surface area (Å²) in [6.45, 7) is 7.90. The van der Waals surface area contributed by atoms with Gasteiger partial charge in [0.05, 0.1) is 6.61 Å². The molecule has 23 heavy (non-hydrogen) atoms. The molecule has 1 unspecified atom stereocenters. The van der Waals surface area contributed by atoms with Crippen molar-refractivity contribution in [3.63, 3.8) is 0 Å². The van der Waals surface area contributed by atoms with Crippen LogP contribution >= 0.6 is 0 Å². The summed E-state index contributed by atoms with van der Waals surface area (Å²) < 4.78 is 5.55. The molecule has 1 aliphatic heterocycles. The predicted octanol–water partition coefficient (Wildman–Crippen LogP) is 2.16. The Balaban J connectivity index is 1.77. The number of anilines is 1. The number of hydrogen-bond donors (Lipinski definition) is 0. The van der Waals surface area contributed by atoms with E-state index in [9.17, 15) is 4.79 Å². The number of rotatable bonds is 6. The monoisotopic (exact) mass is 318 g/mol. The first-order valence-electron chi connectivity index (χ1n) is 8.60. The van der Waals surface area contributed by atoms with Gasteiger partial charge in [0.15, 0.2) is 0 Å².